The van der Waals surface area contributed by atoms with Crippen molar-refractivity contribution >= 4 is 23.4 Å². The summed E-state index contributed by atoms with van der Waals surface area (Å²) >= 11 is 0. The largest absolute Gasteiger partial charge is 0.486 e. The summed E-state index contributed by atoms with van der Waals surface area (Å²) in [6, 6.07) is 8.22. The Morgan fingerprint density at radius 1 is 1.10 bits per heavy atom. The van der Waals surface area contributed by atoms with Gasteiger partial charge in [-0.05, 0) is 44.5 Å². The Balaban J connectivity index is 1.70. The molecule has 0 unspecified atom stereocenters. The third-order valence-electron chi connectivity index (χ3n) is 4.90. The van der Waals surface area contributed by atoms with E-state index in [0.29, 0.717) is 36.2 Å². The summed E-state index contributed by atoms with van der Waals surface area (Å²) < 4.78 is 16.2. The number of carbonyl (C=O) groups excluding carboxylic acids is 3. The Morgan fingerprint density at radius 2 is 1.84 bits per heavy atom. The average Bonchev–Trinajstić information content (AvgIpc) is 3.25. The second kappa shape index (κ2) is 9.55. The molecule has 2 heterocycles. The topological polar surface area (TPSA) is 110 Å². The first-order chi connectivity index (χ1) is 14.8. The molecule has 0 atom stereocenters. The van der Waals surface area contributed by atoms with Gasteiger partial charge in [-0.25, -0.2) is 0 Å². The van der Waals surface area contributed by atoms with Crippen molar-refractivity contribution in [2.24, 2.45) is 0 Å². The summed E-state index contributed by atoms with van der Waals surface area (Å²) in [4.78, 5) is 39.2. The van der Waals surface area contributed by atoms with Crippen molar-refractivity contribution < 1.29 is 28.3 Å². The van der Waals surface area contributed by atoms with Gasteiger partial charge in [0.25, 0.3) is 0 Å². The minimum atomic E-state index is -0.870. The zero-order valence-electron chi connectivity index (χ0n) is 17.9. The van der Waals surface area contributed by atoms with Gasteiger partial charge in [0.05, 0.1) is 12.8 Å². The first kappa shape index (κ1) is 22.2. The quantitative estimate of drug-likeness (QED) is 0.654. The molecule has 0 saturated heterocycles. The van der Waals surface area contributed by atoms with E-state index in [1.807, 2.05) is 20.8 Å². The minimum absolute atomic E-state index is 0.0135. The molecule has 9 nitrogen and oxygen atoms in total. The number of rotatable bonds is 7. The van der Waals surface area contributed by atoms with Gasteiger partial charge in [-0.2, -0.15) is 0 Å². The summed E-state index contributed by atoms with van der Waals surface area (Å²) in [7, 11) is 0. The molecule has 1 aliphatic heterocycles. The van der Waals surface area contributed by atoms with E-state index in [4.69, 9.17) is 13.9 Å². The molecule has 0 aliphatic carbocycles. The number of amides is 3. The van der Waals surface area contributed by atoms with E-state index in [-0.39, 0.29) is 19.0 Å². The van der Waals surface area contributed by atoms with Gasteiger partial charge >= 0.3 is 11.8 Å². The predicted molar refractivity (Wildman–Crippen MR) is 113 cm³/mol. The van der Waals surface area contributed by atoms with Crippen molar-refractivity contribution in [2.45, 2.75) is 39.3 Å². The molecule has 0 fully saturated rings. The van der Waals surface area contributed by atoms with Crippen LogP contribution >= 0.6 is 0 Å². The Bertz CT molecular complexity index is 939. The van der Waals surface area contributed by atoms with Crippen LogP contribution in [-0.4, -0.2) is 47.9 Å². The van der Waals surface area contributed by atoms with Crippen LogP contribution in [0.4, 0.5) is 5.69 Å². The van der Waals surface area contributed by atoms with Crippen molar-refractivity contribution in [3.05, 3.63) is 42.4 Å². The fourth-order valence-corrected chi connectivity index (χ4v) is 2.92. The van der Waals surface area contributed by atoms with Crippen molar-refractivity contribution in [3.8, 4) is 11.5 Å². The van der Waals surface area contributed by atoms with Crippen molar-refractivity contribution in [2.75, 3.05) is 25.1 Å². The number of hydrogen-bond donors (Lipinski definition) is 2. The van der Waals surface area contributed by atoms with Gasteiger partial charge in [0.1, 0.15) is 25.5 Å². The molecule has 0 bridgehead atoms. The molecule has 1 aromatic heterocycles. The van der Waals surface area contributed by atoms with E-state index in [1.54, 1.807) is 30.3 Å². The van der Waals surface area contributed by atoms with E-state index in [1.165, 1.54) is 6.26 Å². The van der Waals surface area contributed by atoms with Crippen molar-refractivity contribution in [1.29, 1.82) is 0 Å². The van der Waals surface area contributed by atoms with E-state index in [9.17, 15) is 14.4 Å². The number of fused-ring (bicyclic) bond motifs is 1. The van der Waals surface area contributed by atoms with Gasteiger partial charge in [-0.1, -0.05) is 6.92 Å². The van der Waals surface area contributed by atoms with Crippen molar-refractivity contribution in [1.82, 2.24) is 10.2 Å². The van der Waals surface area contributed by atoms with Crippen LogP contribution in [0.5, 0.6) is 11.5 Å². The van der Waals surface area contributed by atoms with Gasteiger partial charge in [-0.15, -0.1) is 0 Å². The first-order valence-electron chi connectivity index (χ1n) is 10.1. The summed E-state index contributed by atoms with van der Waals surface area (Å²) in [6.45, 7) is 6.29. The highest BCUT2D eigenvalue weighted by molar-refractivity contribution is 6.39. The number of benzene rings is 1. The second-order valence-electron chi connectivity index (χ2n) is 7.84. The van der Waals surface area contributed by atoms with Crippen LogP contribution < -0.4 is 20.1 Å². The molecule has 1 aliphatic rings. The normalized spacial score (nSPS) is 12.7. The number of furan rings is 1. The Morgan fingerprint density at radius 3 is 2.52 bits per heavy atom. The Labute approximate surface area is 180 Å². The van der Waals surface area contributed by atoms with Crippen LogP contribution in [0.15, 0.2) is 41.0 Å². The molecule has 0 saturated carbocycles. The van der Waals surface area contributed by atoms with E-state index in [0.717, 1.165) is 11.3 Å². The maximum Gasteiger partial charge on any atom is 0.313 e. The number of nitrogens with one attached hydrogen (secondary N) is 2. The maximum absolute atomic E-state index is 12.9. The maximum atomic E-state index is 12.9. The van der Waals surface area contributed by atoms with Crippen molar-refractivity contribution in [3.63, 3.8) is 0 Å². The highest BCUT2D eigenvalue weighted by Gasteiger charge is 2.27. The molecule has 2 N–H and O–H groups in total. The molecule has 166 valence electrons. The number of carbonyl (C=O) groups is 3. The van der Waals surface area contributed by atoms with E-state index < -0.39 is 17.4 Å². The second-order valence-corrected chi connectivity index (χ2v) is 7.84. The number of anilines is 1. The lowest BCUT2D eigenvalue weighted by Crippen LogP contribution is -2.50. The monoisotopic (exact) mass is 429 g/mol. The lowest BCUT2D eigenvalue weighted by molar-refractivity contribution is -0.145. The summed E-state index contributed by atoms with van der Waals surface area (Å²) in [5.74, 6) is -0.557. The molecule has 9 heteroatoms. The van der Waals surface area contributed by atoms with Crippen LogP contribution in [-0.2, 0) is 20.9 Å². The average molecular weight is 429 g/mol. The molecule has 2 aromatic rings. The molecule has 0 radical (unpaired) electrons. The lowest BCUT2D eigenvalue weighted by Gasteiger charge is -2.27. The summed E-state index contributed by atoms with van der Waals surface area (Å²) in [5, 5.41) is 5.42. The summed E-state index contributed by atoms with van der Waals surface area (Å²) in [6.07, 6.45) is 2.18. The van der Waals surface area contributed by atoms with Gasteiger partial charge in [0.2, 0.25) is 5.91 Å². The number of ether oxygens (including phenoxy) is 2. The number of hydrogen-bond acceptors (Lipinski definition) is 6. The van der Waals surface area contributed by atoms with E-state index >= 15 is 0 Å². The zero-order chi connectivity index (χ0) is 22.4. The molecule has 3 rings (SSSR count). The van der Waals surface area contributed by atoms with Gasteiger partial charge in [0.15, 0.2) is 11.5 Å². The Hall–Kier alpha value is -3.49. The van der Waals surface area contributed by atoms with Gasteiger partial charge in [-0.3, -0.25) is 14.4 Å². The van der Waals surface area contributed by atoms with Gasteiger partial charge < -0.3 is 29.4 Å². The predicted octanol–water partition coefficient (Wildman–Crippen LogP) is 2.32. The third kappa shape index (κ3) is 6.00. The molecule has 1 aromatic carbocycles. The lowest BCUT2D eigenvalue weighted by atomic mass is 10.0. The number of nitrogens with zero attached hydrogens (tertiary/aromatic N) is 1. The highest BCUT2D eigenvalue weighted by atomic mass is 16.6. The van der Waals surface area contributed by atoms with Crippen LogP contribution in [0.25, 0.3) is 0 Å². The third-order valence-corrected chi connectivity index (χ3v) is 4.90. The molecule has 31 heavy (non-hydrogen) atoms. The first-order valence-corrected chi connectivity index (χ1v) is 10.1. The molecule has 0 spiro atoms. The smallest absolute Gasteiger partial charge is 0.313 e. The highest BCUT2D eigenvalue weighted by Crippen LogP contribution is 2.32. The van der Waals surface area contributed by atoms with Crippen LogP contribution in [0, 0.1) is 0 Å². The molecular weight excluding hydrogens is 402 g/mol. The van der Waals surface area contributed by atoms with Crippen LogP contribution in [0.3, 0.4) is 0 Å². The fourth-order valence-electron chi connectivity index (χ4n) is 2.92. The van der Waals surface area contributed by atoms with Gasteiger partial charge in [0, 0.05) is 17.3 Å². The SMILES string of the molecule is CCC(C)(C)NC(=O)CN(Cc1ccco1)C(=O)C(=O)Nc1ccc2c(c1)OCCO2. The van der Waals surface area contributed by atoms with Crippen LogP contribution in [0.2, 0.25) is 0 Å². The summed E-state index contributed by atoms with van der Waals surface area (Å²) in [5.41, 5.74) is -0.0404. The standard InChI is InChI=1S/C22H27N3O6/c1-4-22(2,3)24-19(26)14-25(13-16-6-5-9-29-16)21(28)20(27)23-15-7-8-17-18(12-15)31-11-10-30-17/h5-9,12H,4,10-11,13-14H2,1-3H3,(H,23,27)(H,24,26). The fraction of sp³-hybridized carbons (Fsp3) is 0.409. The minimum Gasteiger partial charge on any atom is -0.486 e. The zero-order valence-corrected chi connectivity index (χ0v) is 17.9. The Kier molecular flexibility index (Phi) is 6.84. The molecule has 3 amide bonds. The van der Waals surface area contributed by atoms with Crippen LogP contribution in [0.1, 0.15) is 33.0 Å². The van der Waals surface area contributed by atoms with E-state index in [2.05, 4.69) is 10.6 Å². The molecular formula is C22H27N3O6.